The summed E-state index contributed by atoms with van der Waals surface area (Å²) in [7, 11) is 0. The standard InChI is InChI=1S/C16H17N3O4.C14H15N3O3/c1-4-22-15(20)12-7-6-11-8-13(16(21)23-5-2)19(10(3)9-17)14(11)18-12;1-3-20-14(19)10-5-4-9-6-11-13(18)15-7-8(2)17(11)12(9)16-10/h6-8,10H,4-5H2,1-3H3;4-6,8H,3,7H2,1-2H3,(H,15,18). The highest BCUT2D eigenvalue weighted by molar-refractivity contribution is 6.00. The van der Waals surface area contributed by atoms with Crippen LogP contribution in [-0.4, -0.2) is 69.3 Å². The molecular formula is C30H32N6O7. The van der Waals surface area contributed by atoms with E-state index in [0.717, 1.165) is 5.39 Å². The highest BCUT2D eigenvalue weighted by Gasteiger charge is 2.26. The summed E-state index contributed by atoms with van der Waals surface area (Å²) in [5.41, 5.74) is 2.20. The van der Waals surface area contributed by atoms with E-state index in [1.54, 1.807) is 58.0 Å². The molecule has 0 radical (unpaired) electrons. The van der Waals surface area contributed by atoms with E-state index in [2.05, 4.69) is 21.4 Å². The number of nitriles is 1. The predicted molar refractivity (Wildman–Crippen MR) is 155 cm³/mol. The summed E-state index contributed by atoms with van der Waals surface area (Å²) in [6.07, 6.45) is 0. The van der Waals surface area contributed by atoms with Gasteiger partial charge >= 0.3 is 17.9 Å². The van der Waals surface area contributed by atoms with Gasteiger partial charge in [-0.1, -0.05) is 0 Å². The quantitative estimate of drug-likeness (QED) is 0.246. The number of carbonyl (C=O) groups is 4. The zero-order valence-corrected chi connectivity index (χ0v) is 24.5. The van der Waals surface area contributed by atoms with Crippen molar-refractivity contribution >= 4 is 45.9 Å². The Bertz CT molecular complexity index is 1750. The topological polar surface area (TPSA) is 167 Å². The summed E-state index contributed by atoms with van der Waals surface area (Å²) < 4.78 is 18.2. The number of fused-ring (bicyclic) bond motifs is 4. The van der Waals surface area contributed by atoms with Crippen LogP contribution in [0.1, 0.15) is 88.7 Å². The number of nitrogens with zero attached hydrogens (tertiary/aromatic N) is 5. The van der Waals surface area contributed by atoms with Crippen LogP contribution in [0.15, 0.2) is 36.4 Å². The van der Waals surface area contributed by atoms with Crippen LogP contribution in [0, 0.1) is 11.3 Å². The molecule has 13 heteroatoms. The molecule has 0 bridgehead atoms. The normalized spacial score (nSPS) is 14.5. The van der Waals surface area contributed by atoms with Gasteiger partial charge in [0, 0.05) is 17.3 Å². The molecule has 5 heterocycles. The van der Waals surface area contributed by atoms with Crippen molar-refractivity contribution < 1.29 is 33.4 Å². The molecular weight excluding hydrogens is 556 g/mol. The van der Waals surface area contributed by atoms with E-state index < -0.39 is 23.9 Å². The van der Waals surface area contributed by atoms with Gasteiger partial charge in [-0.15, -0.1) is 0 Å². The van der Waals surface area contributed by atoms with Gasteiger partial charge in [0.05, 0.1) is 31.9 Å². The van der Waals surface area contributed by atoms with E-state index in [4.69, 9.17) is 14.2 Å². The lowest BCUT2D eigenvalue weighted by Crippen LogP contribution is -2.37. The summed E-state index contributed by atoms with van der Waals surface area (Å²) in [6, 6.07) is 11.5. The summed E-state index contributed by atoms with van der Waals surface area (Å²) in [5, 5.41) is 13.5. The van der Waals surface area contributed by atoms with E-state index in [1.807, 2.05) is 11.5 Å². The maximum absolute atomic E-state index is 12.1. The maximum atomic E-state index is 12.1. The number of hydrogen-bond acceptors (Lipinski definition) is 10. The molecule has 1 amide bonds. The number of carbonyl (C=O) groups excluding carboxylic acids is 4. The first-order valence-electron chi connectivity index (χ1n) is 13.9. The van der Waals surface area contributed by atoms with Gasteiger partial charge in [0.15, 0.2) is 11.4 Å². The third-order valence-corrected chi connectivity index (χ3v) is 6.63. The van der Waals surface area contributed by atoms with Gasteiger partial charge in [-0.2, -0.15) is 5.26 Å². The van der Waals surface area contributed by atoms with Gasteiger partial charge in [0.2, 0.25) is 0 Å². The Hall–Kier alpha value is -5.25. The Morgan fingerprint density at radius 1 is 0.930 bits per heavy atom. The molecule has 0 fully saturated rings. The molecule has 4 aromatic rings. The second-order valence-corrected chi connectivity index (χ2v) is 9.54. The number of rotatable bonds is 7. The molecule has 0 spiro atoms. The van der Waals surface area contributed by atoms with E-state index in [-0.39, 0.29) is 42.2 Å². The van der Waals surface area contributed by atoms with Crippen LogP contribution in [0.4, 0.5) is 0 Å². The molecule has 1 aliphatic rings. The van der Waals surface area contributed by atoms with Crippen molar-refractivity contribution in [1.82, 2.24) is 24.4 Å². The lowest BCUT2D eigenvalue weighted by atomic mass is 10.2. The Labute approximate surface area is 247 Å². The van der Waals surface area contributed by atoms with Gasteiger partial charge in [-0.25, -0.2) is 24.4 Å². The number of amides is 1. The molecule has 0 saturated carbocycles. The molecule has 224 valence electrons. The van der Waals surface area contributed by atoms with E-state index in [9.17, 15) is 24.4 Å². The molecule has 2 unspecified atom stereocenters. The molecule has 4 aromatic heterocycles. The van der Waals surface area contributed by atoms with Gasteiger partial charge in [-0.3, -0.25) is 4.79 Å². The highest BCUT2D eigenvalue weighted by Crippen LogP contribution is 2.26. The van der Waals surface area contributed by atoms with Gasteiger partial charge in [-0.05, 0) is 71.0 Å². The minimum absolute atomic E-state index is 0.102. The lowest BCUT2D eigenvalue weighted by molar-refractivity contribution is 0.0506. The minimum Gasteiger partial charge on any atom is -0.461 e. The van der Waals surface area contributed by atoms with Crippen molar-refractivity contribution in [2.75, 3.05) is 26.4 Å². The molecule has 5 rings (SSSR count). The second-order valence-electron chi connectivity index (χ2n) is 9.54. The maximum Gasteiger partial charge on any atom is 0.356 e. The molecule has 1 aliphatic heterocycles. The largest absolute Gasteiger partial charge is 0.461 e. The van der Waals surface area contributed by atoms with Crippen molar-refractivity contribution in [3.05, 3.63) is 59.2 Å². The van der Waals surface area contributed by atoms with Crippen LogP contribution < -0.4 is 5.32 Å². The first-order chi connectivity index (χ1) is 20.6. The first-order valence-corrected chi connectivity index (χ1v) is 13.9. The zero-order chi connectivity index (χ0) is 31.3. The Kier molecular flexibility index (Phi) is 9.39. The zero-order valence-electron chi connectivity index (χ0n) is 24.5. The molecule has 1 N–H and O–H groups in total. The minimum atomic E-state index is -0.642. The third-order valence-electron chi connectivity index (χ3n) is 6.63. The molecule has 2 atom stereocenters. The molecule has 13 nitrogen and oxygen atoms in total. The molecule has 0 saturated heterocycles. The lowest BCUT2D eigenvalue weighted by Gasteiger charge is -2.23. The van der Waals surface area contributed by atoms with Crippen LogP contribution in [0.2, 0.25) is 0 Å². The SMILES string of the molecule is CCOC(=O)c1ccc2cc(C(=O)OCC)n(C(C)C#N)c2n1.CCOC(=O)c1ccc2cc3n(c2n1)C(C)CNC3=O. The molecule has 0 aliphatic carbocycles. The predicted octanol–water partition coefficient (Wildman–Crippen LogP) is 3.99. The van der Waals surface area contributed by atoms with Crippen LogP contribution in [0.25, 0.3) is 22.1 Å². The Balaban J connectivity index is 0.000000198. The fourth-order valence-electron chi connectivity index (χ4n) is 4.68. The van der Waals surface area contributed by atoms with Crippen molar-refractivity contribution in [1.29, 1.82) is 5.26 Å². The van der Waals surface area contributed by atoms with Gasteiger partial charge in [0.1, 0.15) is 28.7 Å². The molecule has 0 aromatic carbocycles. The number of esters is 3. The fraction of sp³-hybridized carbons (Fsp3) is 0.367. The number of hydrogen-bond donors (Lipinski definition) is 1. The average Bonchev–Trinajstić information content (AvgIpc) is 3.58. The van der Waals surface area contributed by atoms with Gasteiger partial charge < -0.3 is 28.7 Å². The van der Waals surface area contributed by atoms with Crippen molar-refractivity contribution in [2.24, 2.45) is 0 Å². The van der Waals surface area contributed by atoms with Gasteiger partial charge in [0.25, 0.3) is 5.91 Å². The van der Waals surface area contributed by atoms with E-state index in [1.165, 1.54) is 10.6 Å². The number of ether oxygens (including phenoxy) is 3. The van der Waals surface area contributed by atoms with Crippen LogP contribution in [0.3, 0.4) is 0 Å². The Morgan fingerprint density at radius 2 is 1.47 bits per heavy atom. The highest BCUT2D eigenvalue weighted by atomic mass is 16.5. The first kappa shape index (κ1) is 30.7. The number of aromatic nitrogens is 4. The summed E-state index contributed by atoms with van der Waals surface area (Å²) in [6.45, 7) is 10.1. The third kappa shape index (κ3) is 6.18. The van der Waals surface area contributed by atoms with Crippen LogP contribution in [-0.2, 0) is 14.2 Å². The van der Waals surface area contributed by atoms with Crippen molar-refractivity contribution in [2.45, 2.75) is 46.7 Å². The fourth-order valence-corrected chi connectivity index (χ4v) is 4.68. The van der Waals surface area contributed by atoms with Crippen LogP contribution >= 0.6 is 0 Å². The number of pyridine rings is 2. The molecule has 43 heavy (non-hydrogen) atoms. The van der Waals surface area contributed by atoms with Crippen molar-refractivity contribution in [3.8, 4) is 6.07 Å². The average molecular weight is 589 g/mol. The summed E-state index contributed by atoms with van der Waals surface area (Å²) in [4.78, 5) is 56.2. The second kappa shape index (κ2) is 13.2. The number of nitrogens with one attached hydrogen (secondary N) is 1. The van der Waals surface area contributed by atoms with Crippen LogP contribution in [0.5, 0.6) is 0 Å². The summed E-state index contributed by atoms with van der Waals surface area (Å²) >= 11 is 0. The van der Waals surface area contributed by atoms with Crippen molar-refractivity contribution in [3.63, 3.8) is 0 Å². The smallest absolute Gasteiger partial charge is 0.356 e. The Morgan fingerprint density at radius 3 is 2.02 bits per heavy atom. The van der Waals surface area contributed by atoms with E-state index >= 15 is 0 Å². The van der Waals surface area contributed by atoms with E-state index in [0.29, 0.717) is 35.5 Å². The monoisotopic (exact) mass is 588 g/mol. The summed E-state index contributed by atoms with van der Waals surface area (Å²) in [5.74, 6) is -1.65.